The average Bonchev–Trinajstić information content (AvgIpc) is 3.25. The lowest BCUT2D eigenvalue weighted by atomic mass is 9.99. The van der Waals surface area contributed by atoms with Crippen LogP contribution in [0.2, 0.25) is 0 Å². The number of rotatable bonds is 7. The molecule has 0 spiro atoms. The molecule has 2 fully saturated rings. The van der Waals surface area contributed by atoms with Gasteiger partial charge < -0.3 is 24.8 Å². The highest BCUT2D eigenvalue weighted by atomic mass is 16.5. The predicted octanol–water partition coefficient (Wildman–Crippen LogP) is 6.40. The summed E-state index contributed by atoms with van der Waals surface area (Å²) in [5.74, 6) is 1.00. The Morgan fingerprint density at radius 3 is 2.31 bits per heavy atom. The first-order valence-electron chi connectivity index (χ1n) is 15.3. The number of para-hydroxylation sites is 3. The molecular weight excluding hydrogens is 522 g/mol. The van der Waals surface area contributed by atoms with Crippen molar-refractivity contribution < 1.29 is 9.53 Å². The summed E-state index contributed by atoms with van der Waals surface area (Å²) in [6.07, 6.45) is 2.96. The number of ether oxygens (including phenoxy) is 1. The van der Waals surface area contributed by atoms with E-state index in [-0.39, 0.29) is 12.0 Å². The molecule has 0 bridgehead atoms. The number of nitrogens with one attached hydrogen (secondary N) is 1. The van der Waals surface area contributed by atoms with Crippen molar-refractivity contribution in [2.24, 2.45) is 0 Å². The first-order valence-corrected chi connectivity index (χ1v) is 15.3. The van der Waals surface area contributed by atoms with Gasteiger partial charge in [-0.05, 0) is 88.4 Å². The molecule has 7 nitrogen and oxygen atoms in total. The molecule has 2 aliphatic rings. The third kappa shape index (κ3) is 6.65. The molecule has 0 atom stereocenters. The van der Waals surface area contributed by atoms with Crippen molar-refractivity contribution in [3.8, 4) is 11.8 Å². The van der Waals surface area contributed by atoms with Crippen molar-refractivity contribution in [3.05, 3.63) is 82.9 Å². The molecule has 3 aromatic carbocycles. The quantitative estimate of drug-likeness (QED) is 0.358. The summed E-state index contributed by atoms with van der Waals surface area (Å²) in [4.78, 5) is 20.5. The monoisotopic (exact) mass is 565 g/mol. The number of piperidine rings is 1. The van der Waals surface area contributed by atoms with Crippen molar-refractivity contribution in [1.29, 1.82) is 5.26 Å². The molecule has 7 heteroatoms. The van der Waals surface area contributed by atoms with Gasteiger partial charge in [-0.15, -0.1) is 0 Å². The van der Waals surface area contributed by atoms with Crippen molar-refractivity contribution in [2.75, 3.05) is 54.4 Å². The summed E-state index contributed by atoms with van der Waals surface area (Å²) in [5.41, 5.74) is 6.83. The Morgan fingerprint density at radius 2 is 1.57 bits per heavy atom. The Hall–Kier alpha value is -4.18. The number of aryl methyl sites for hydroxylation is 2. The van der Waals surface area contributed by atoms with E-state index in [2.05, 4.69) is 52.4 Å². The van der Waals surface area contributed by atoms with E-state index in [0.717, 1.165) is 97.1 Å². The van der Waals surface area contributed by atoms with Crippen molar-refractivity contribution >= 4 is 23.0 Å². The lowest BCUT2D eigenvalue weighted by Crippen LogP contribution is -2.39. The summed E-state index contributed by atoms with van der Waals surface area (Å²) in [7, 11) is 0. The summed E-state index contributed by atoms with van der Waals surface area (Å²) in [6.45, 7) is 13.1. The number of benzene rings is 3. The second kappa shape index (κ2) is 13.2. The van der Waals surface area contributed by atoms with Gasteiger partial charge in [0, 0.05) is 56.6 Å². The lowest BCUT2D eigenvalue weighted by molar-refractivity contribution is 0.0766. The van der Waals surface area contributed by atoms with Crippen LogP contribution in [-0.4, -0.2) is 62.2 Å². The van der Waals surface area contributed by atoms with Gasteiger partial charge in [-0.3, -0.25) is 4.79 Å². The van der Waals surface area contributed by atoms with E-state index in [1.165, 1.54) is 0 Å². The predicted molar refractivity (Wildman–Crippen MR) is 171 cm³/mol. The second-order valence-electron chi connectivity index (χ2n) is 11.8. The molecule has 0 radical (unpaired) electrons. The van der Waals surface area contributed by atoms with Crippen LogP contribution in [0.15, 0.2) is 60.7 Å². The number of nitrogens with zero attached hydrogens (tertiary/aromatic N) is 4. The number of amides is 1. The van der Waals surface area contributed by atoms with Crippen LogP contribution in [0.5, 0.6) is 5.75 Å². The van der Waals surface area contributed by atoms with E-state index < -0.39 is 0 Å². The van der Waals surface area contributed by atoms with Crippen molar-refractivity contribution in [3.63, 3.8) is 0 Å². The minimum absolute atomic E-state index is 0.104. The first kappa shape index (κ1) is 29.3. The maximum absolute atomic E-state index is 13.9. The molecule has 0 unspecified atom stereocenters. The number of carbonyl (C=O) groups is 1. The van der Waals surface area contributed by atoms with Gasteiger partial charge in [0.15, 0.2) is 0 Å². The zero-order chi connectivity index (χ0) is 29.6. The van der Waals surface area contributed by atoms with Gasteiger partial charge >= 0.3 is 0 Å². The summed E-state index contributed by atoms with van der Waals surface area (Å²) in [5, 5.41) is 13.3. The third-order valence-electron chi connectivity index (χ3n) is 8.37. The minimum atomic E-state index is 0.104. The molecule has 0 saturated carbocycles. The Kier molecular flexibility index (Phi) is 9.22. The number of hydrogen-bond donors (Lipinski definition) is 1. The molecule has 1 N–H and O–H groups in total. The summed E-state index contributed by atoms with van der Waals surface area (Å²) >= 11 is 0. The Bertz CT molecular complexity index is 1440. The topological polar surface area (TPSA) is 71.8 Å². The van der Waals surface area contributed by atoms with E-state index in [9.17, 15) is 10.1 Å². The highest BCUT2D eigenvalue weighted by Crippen LogP contribution is 2.31. The summed E-state index contributed by atoms with van der Waals surface area (Å²) in [6, 6.07) is 22.9. The van der Waals surface area contributed by atoms with Crippen LogP contribution < -0.4 is 19.9 Å². The van der Waals surface area contributed by atoms with Gasteiger partial charge in [-0.2, -0.15) is 5.26 Å². The molecule has 2 heterocycles. The highest BCUT2D eigenvalue weighted by molar-refractivity contribution is 5.97. The molecule has 220 valence electrons. The van der Waals surface area contributed by atoms with Crippen LogP contribution in [0.1, 0.15) is 60.2 Å². The average molecular weight is 566 g/mol. The van der Waals surface area contributed by atoms with Gasteiger partial charge in [0.1, 0.15) is 11.8 Å². The standard InChI is InChI=1S/C35H43N5O2/c1-25(2)42-34-13-8-7-12-33(34)38-16-9-17-40(21-20-38)35(41)30-23-31(27(4)22-26(30)3)37-29-14-18-39(19-15-29)32-11-6-5-10-28(32)24-36/h5-8,10-13,22-23,25,29,37H,9,14-21H2,1-4H3. The smallest absolute Gasteiger partial charge is 0.254 e. The fraction of sp³-hybridized carbons (Fsp3) is 0.429. The SMILES string of the molecule is Cc1cc(C)c(C(=O)N2CCCN(c3ccccc3OC(C)C)CC2)cc1NC1CCN(c2ccccc2C#N)CC1. The van der Waals surface area contributed by atoms with E-state index in [1.807, 2.05) is 62.1 Å². The molecule has 1 amide bonds. The minimum Gasteiger partial charge on any atom is -0.489 e. The maximum Gasteiger partial charge on any atom is 0.254 e. The molecule has 0 aliphatic carbocycles. The van der Waals surface area contributed by atoms with Gasteiger partial charge in [0.2, 0.25) is 0 Å². The van der Waals surface area contributed by atoms with Crippen molar-refractivity contribution in [1.82, 2.24) is 4.90 Å². The maximum atomic E-state index is 13.9. The van der Waals surface area contributed by atoms with Crippen LogP contribution >= 0.6 is 0 Å². The van der Waals surface area contributed by atoms with Gasteiger partial charge in [-0.25, -0.2) is 0 Å². The zero-order valence-electron chi connectivity index (χ0n) is 25.4. The number of hydrogen-bond acceptors (Lipinski definition) is 6. The van der Waals surface area contributed by atoms with Crippen molar-refractivity contribution in [2.45, 2.75) is 59.1 Å². The first-order chi connectivity index (χ1) is 20.3. The van der Waals surface area contributed by atoms with Gasteiger partial charge in [0.05, 0.1) is 23.0 Å². The molecule has 2 saturated heterocycles. The van der Waals surface area contributed by atoms with E-state index in [0.29, 0.717) is 12.6 Å². The summed E-state index contributed by atoms with van der Waals surface area (Å²) < 4.78 is 6.08. The molecule has 3 aromatic rings. The highest BCUT2D eigenvalue weighted by Gasteiger charge is 2.25. The van der Waals surface area contributed by atoms with Crippen LogP contribution in [-0.2, 0) is 0 Å². The van der Waals surface area contributed by atoms with E-state index in [1.54, 1.807) is 0 Å². The van der Waals surface area contributed by atoms with Crippen LogP contribution in [0.25, 0.3) is 0 Å². The number of anilines is 3. The molecule has 42 heavy (non-hydrogen) atoms. The fourth-order valence-corrected chi connectivity index (χ4v) is 6.17. The fourth-order valence-electron chi connectivity index (χ4n) is 6.17. The van der Waals surface area contributed by atoms with Crippen LogP contribution in [0, 0.1) is 25.2 Å². The molecule has 0 aromatic heterocycles. The Balaban J connectivity index is 1.24. The van der Waals surface area contributed by atoms with Crippen LogP contribution in [0.3, 0.4) is 0 Å². The van der Waals surface area contributed by atoms with Gasteiger partial charge in [0.25, 0.3) is 5.91 Å². The Labute approximate surface area is 250 Å². The second-order valence-corrected chi connectivity index (χ2v) is 11.8. The normalized spacial score (nSPS) is 16.2. The third-order valence-corrected chi connectivity index (χ3v) is 8.37. The Morgan fingerprint density at radius 1 is 0.881 bits per heavy atom. The number of nitriles is 1. The van der Waals surface area contributed by atoms with Crippen LogP contribution in [0.4, 0.5) is 17.1 Å². The molecular formula is C35H43N5O2. The number of carbonyl (C=O) groups excluding carboxylic acids is 1. The largest absolute Gasteiger partial charge is 0.489 e. The zero-order valence-corrected chi connectivity index (χ0v) is 25.4. The molecule has 2 aliphatic heterocycles. The van der Waals surface area contributed by atoms with Gasteiger partial charge in [-0.1, -0.05) is 30.3 Å². The van der Waals surface area contributed by atoms with E-state index in [4.69, 9.17) is 4.74 Å². The lowest BCUT2D eigenvalue weighted by Gasteiger charge is -2.35. The molecule has 5 rings (SSSR count). The van der Waals surface area contributed by atoms with E-state index >= 15 is 0 Å².